The number of carbonyl (C=O) groups excluding carboxylic acids is 4. The van der Waals surface area contributed by atoms with Gasteiger partial charge >= 0.3 is 0 Å². The summed E-state index contributed by atoms with van der Waals surface area (Å²) in [4.78, 5) is 56.5. The Morgan fingerprint density at radius 3 is 2.14 bits per heavy atom. The molecule has 7 heteroatoms. The lowest BCUT2D eigenvalue weighted by molar-refractivity contribution is -0.127. The molecule has 7 nitrogen and oxygen atoms in total. The summed E-state index contributed by atoms with van der Waals surface area (Å²) >= 11 is 0. The molecule has 35 heavy (non-hydrogen) atoms. The Morgan fingerprint density at radius 1 is 0.829 bits per heavy atom. The van der Waals surface area contributed by atoms with Crippen LogP contribution in [0.15, 0.2) is 72.8 Å². The predicted molar refractivity (Wildman–Crippen MR) is 125 cm³/mol. The van der Waals surface area contributed by atoms with E-state index in [-0.39, 0.29) is 16.8 Å². The van der Waals surface area contributed by atoms with Crippen LogP contribution in [0, 0.1) is 18.8 Å². The van der Waals surface area contributed by atoms with Crippen molar-refractivity contribution >= 4 is 29.1 Å². The molecule has 174 valence electrons. The number of carbonyl (C=O) groups is 4. The van der Waals surface area contributed by atoms with Gasteiger partial charge in [0.05, 0.1) is 30.7 Å². The monoisotopic (exact) mass is 467 g/mol. The summed E-state index contributed by atoms with van der Waals surface area (Å²) in [5.74, 6) is -4.32. The van der Waals surface area contributed by atoms with Crippen molar-refractivity contribution in [1.29, 1.82) is 0 Å². The molecule has 3 atom stereocenters. The molecule has 0 saturated carbocycles. The van der Waals surface area contributed by atoms with Gasteiger partial charge in [0.2, 0.25) is 29.0 Å². The lowest BCUT2D eigenvalue weighted by atomic mass is 9.77. The zero-order valence-electron chi connectivity index (χ0n) is 19.1. The van der Waals surface area contributed by atoms with E-state index in [1.165, 1.54) is 7.11 Å². The Kier molecular flexibility index (Phi) is 4.56. The van der Waals surface area contributed by atoms with Crippen molar-refractivity contribution in [2.75, 3.05) is 12.0 Å². The number of benzene rings is 3. The van der Waals surface area contributed by atoms with Crippen LogP contribution in [0.25, 0.3) is 0 Å². The van der Waals surface area contributed by atoms with Crippen LogP contribution in [0.2, 0.25) is 0 Å². The molecule has 2 saturated heterocycles. The van der Waals surface area contributed by atoms with E-state index < -0.39 is 46.9 Å². The quantitative estimate of drug-likeness (QED) is 0.431. The molecule has 3 aromatic carbocycles. The number of Topliss-reactive ketones (excluding diaryl/α,β-unsaturated/α-hetero) is 2. The van der Waals surface area contributed by atoms with Crippen LogP contribution in [0.5, 0.6) is 5.75 Å². The van der Waals surface area contributed by atoms with Gasteiger partial charge in [-0.25, -0.2) is 4.90 Å². The smallest absolute Gasteiger partial charge is 0.241 e. The van der Waals surface area contributed by atoms with Crippen LogP contribution in [0.4, 0.5) is 5.69 Å². The Balaban J connectivity index is 1.56. The van der Waals surface area contributed by atoms with Crippen LogP contribution in [0.1, 0.15) is 37.9 Å². The molecule has 1 spiro atoms. The normalized spacial score (nSPS) is 24.3. The molecule has 0 N–H and O–H groups in total. The Hall–Kier alpha value is -4.10. The van der Waals surface area contributed by atoms with E-state index in [2.05, 4.69) is 0 Å². The van der Waals surface area contributed by atoms with Crippen molar-refractivity contribution in [3.05, 3.63) is 95.1 Å². The molecule has 6 rings (SSSR count). The predicted octanol–water partition coefficient (Wildman–Crippen LogP) is 3.70. The topological polar surface area (TPSA) is 90.0 Å². The number of para-hydroxylation sites is 2. The average molecular weight is 467 g/mol. The standard InChI is InChI=1S/C28H21NO6/c1-15-8-7-9-16(14-15)23-21-22(27(33)29(26(21)32)19-12-5-6-13-20(19)34-2)28(35-23)24(30)17-10-3-4-11-18(17)25(28)31/h3-14,21-23H,1-2H3/t21-,22-,23-/m0/s1. The summed E-state index contributed by atoms with van der Waals surface area (Å²) in [7, 11) is 1.45. The van der Waals surface area contributed by atoms with Gasteiger partial charge in [-0.05, 0) is 24.6 Å². The molecule has 3 aromatic rings. The summed E-state index contributed by atoms with van der Waals surface area (Å²) in [5, 5.41) is 0. The van der Waals surface area contributed by atoms with E-state index in [0.717, 1.165) is 10.5 Å². The number of hydrogen-bond donors (Lipinski definition) is 0. The van der Waals surface area contributed by atoms with Gasteiger partial charge in [-0.1, -0.05) is 66.2 Å². The summed E-state index contributed by atoms with van der Waals surface area (Å²) in [5.41, 5.74) is 0.153. The highest BCUT2D eigenvalue weighted by Gasteiger charge is 2.74. The fourth-order valence-electron chi connectivity index (χ4n) is 5.72. The maximum atomic E-state index is 14.0. The number of rotatable bonds is 3. The first-order valence-corrected chi connectivity index (χ1v) is 11.3. The van der Waals surface area contributed by atoms with Crippen LogP contribution < -0.4 is 9.64 Å². The number of ketones is 2. The van der Waals surface area contributed by atoms with E-state index in [4.69, 9.17) is 9.47 Å². The van der Waals surface area contributed by atoms with Crippen LogP contribution in [0.3, 0.4) is 0 Å². The first kappa shape index (κ1) is 21.4. The first-order valence-electron chi connectivity index (χ1n) is 11.3. The molecule has 1 aliphatic carbocycles. The lowest BCUT2D eigenvalue weighted by Gasteiger charge is -2.27. The zero-order chi connectivity index (χ0) is 24.5. The van der Waals surface area contributed by atoms with Crippen molar-refractivity contribution in [2.24, 2.45) is 11.8 Å². The highest BCUT2D eigenvalue weighted by Crippen LogP contribution is 2.58. The van der Waals surface area contributed by atoms with Crippen molar-refractivity contribution in [2.45, 2.75) is 18.6 Å². The van der Waals surface area contributed by atoms with Crippen molar-refractivity contribution in [3.8, 4) is 5.75 Å². The van der Waals surface area contributed by atoms with Gasteiger partial charge in [-0.15, -0.1) is 0 Å². The van der Waals surface area contributed by atoms with Gasteiger partial charge in [0.25, 0.3) is 0 Å². The molecule has 2 fully saturated rings. The first-order chi connectivity index (χ1) is 16.9. The zero-order valence-corrected chi connectivity index (χ0v) is 19.1. The Labute approximate surface area is 201 Å². The maximum absolute atomic E-state index is 14.0. The number of nitrogens with zero attached hydrogens (tertiary/aromatic N) is 1. The fraction of sp³-hybridized carbons (Fsp3) is 0.214. The minimum atomic E-state index is -2.09. The number of ether oxygens (including phenoxy) is 2. The largest absolute Gasteiger partial charge is 0.495 e. The number of aryl methyl sites for hydroxylation is 1. The minimum absolute atomic E-state index is 0.206. The number of amides is 2. The summed E-state index contributed by atoms with van der Waals surface area (Å²) in [6.45, 7) is 1.90. The molecule has 0 aromatic heterocycles. The molecule has 2 heterocycles. The van der Waals surface area contributed by atoms with Gasteiger partial charge in [0.15, 0.2) is 0 Å². The van der Waals surface area contributed by atoms with Crippen molar-refractivity contribution < 1.29 is 28.7 Å². The minimum Gasteiger partial charge on any atom is -0.495 e. The maximum Gasteiger partial charge on any atom is 0.241 e. The van der Waals surface area contributed by atoms with Gasteiger partial charge < -0.3 is 9.47 Å². The second-order valence-electron chi connectivity index (χ2n) is 9.08. The number of anilines is 1. The molecule has 0 bridgehead atoms. The molecular weight excluding hydrogens is 446 g/mol. The molecular formula is C28H21NO6. The number of imide groups is 1. The third-order valence-corrected chi connectivity index (χ3v) is 7.22. The van der Waals surface area contributed by atoms with Gasteiger partial charge in [0.1, 0.15) is 5.75 Å². The van der Waals surface area contributed by atoms with E-state index in [9.17, 15) is 19.2 Å². The summed E-state index contributed by atoms with van der Waals surface area (Å²) in [6.07, 6.45) is -0.946. The molecule has 0 unspecified atom stereocenters. The average Bonchev–Trinajstić information content (AvgIpc) is 3.44. The second kappa shape index (κ2) is 7.45. The van der Waals surface area contributed by atoms with Crippen LogP contribution in [-0.4, -0.2) is 36.1 Å². The number of hydrogen-bond acceptors (Lipinski definition) is 6. The fourth-order valence-corrected chi connectivity index (χ4v) is 5.72. The molecule has 2 aliphatic heterocycles. The third kappa shape index (κ3) is 2.70. The summed E-state index contributed by atoms with van der Waals surface area (Å²) < 4.78 is 11.7. The highest BCUT2D eigenvalue weighted by molar-refractivity contribution is 6.37. The van der Waals surface area contributed by atoms with Crippen molar-refractivity contribution in [1.82, 2.24) is 0 Å². The number of methoxy groups -OCH3 is 1. The SMILES string of the molecule is COc1ccccc1N1C(=O)[C@H]2[C@@H](C1=O)C1(O[C@H]2c2cccc(C)c2)C(=O)c2ccccc2C1=O. The van der Waals surface area contributed by atoms with E-state index in [1.54, 1.807) is 54.6 Å². The van der Waals surface area contributed by atoms with E-state index in [0.29, 0.717) is 11.3 Å². The van der Waals surface area contributed by atoms with Gasteiger partial charge in [-0.3, -0.25) is 19.2 Å². The van der Waals surface area contributed by atoms with Gasteiger partial charge in [-0.2, -0.15) is 0 Å². The van der Waals surface area contributed by atoms with E-state index >= 15 is 0 Å². The molecule has 3 aliphatic rings. The number of fused-ring (bicyclic) bond motifs is 3. The summed E-state index contributed by atoms with van der Waals surface area (Å²) in [6, 6.07) is 20.5. The van der Waals surface area contributed by atoms with Gasteiger partial charge in [0, 0.05) is 11.1 Å². The molecule has 0 radical (unpaired) electrons. The lowest BCUT2D eigenvalue weighted by Crippen LogP contribution is -2.51. The Morgan fingerprint density at radius 2 is 1.49 bits per heavy atom. The van der Waals surface area contributed by atoms with E-state index in [1.807, 2.05) is 25.1 Å². The molecule has 2 amide bonds. The highest BCUT2D eigenvalue weighted by atomic mass is 16.5. The Bertz CT molecular complexity index is 1410. The second-order valence-corrected chi connectivity index (χ2v) is 9.08. The van der Waals surface area contributed by atoms with Crippen LogP contribution >= 0.6 is 0 Å². The van der Waals surface area contributed by atoms with Crippen molar-refractivity contribution in [3.63, 3.8) is 0 Å². The third-order valence-electron chi connectivity index (χ3n) is 7.22. The van der Waals surface area contributed by atoms with Crippen LogP contribution in [-0.2, 0) is 14.3 Å².